The lowest BCUT2D eigenvalue weighted by Crippen LogP contribution is -2.45. The number of hydrogen-bond acceptors (Lipinski definition) is 4. The summed E-state index contributed by atoms with van der Waals surface area (Å²) in [6.45, 7) is 5.79. The Labute approximate surface area is 183 Å². The average molecular weight is 410 g/mol. The van der Waals surface area contributed by atoms with Gasteiger partial charge < -0.3 is 0 Å². The minimum Gasteiger partial charge on any atom is -0.298 e. The average Bonchev–Trinajstić information content (AvgIpc) is 3.15. The molecule has 0 aliphatic carbocycles. The number of nitrogens with zero attached hydrogens (tertiary/aromatic N) is 5. The molecule has 1 aliphatic rings. The van der Waals surface area contributed by atoms with Crippen LogP contribution in [-0.4, -0.2) is 51.7 Å². The van der Waals surface area contributed by atoms with Gasteiger partial charge in [-0.05, 0) is 30.2 Å². The molecule has 0 bridgehead atoms. The van der Waals surface area contributed by atoms with Gasteiger partial charge in [-0.2, -0.15) is 5.10 Å². The second kappa shape index (κ2) is 8.74. The Bertz CT molecular complexity index is 1120. The maximum absolute atomic E-state index is 4.80. The molecule has 0 amide bonds. The van der Waals surface area contributed by atoms with E-state index in [0.717, 1.165) is 43.2 Å². The summed E-state index contributed by atoms with van der Waals surface area (Å²) in [6.07, 6.45) is 4.00. The van der Waals surface area contributed by atoms with Gasteiger partial charge in [0.15, 0.2) is 0 Å². The van der Waals surface area contributed by atoms with E-state index in [1.807, 2.05) is 37.5 Å². The summed E-state index contributed by atoms with van der Waals surface area (Å²) >= 11 is 0. The fourth-order valence-electron chi connectivity index (χ4n) is 4.39. The molecule has 0 unspecified atom stereocenters. The van der Waals surface area contributed by atoms with E-state index in [-0.39, 0.29) is 6.04 Å². The zero-order valence-electron chi connectivity index (χ0n) is 17.8. The van der Waals surface area contributed by atoms with E-state index in [2.05, 4.69) is 80.0 Å². The van der Waals surface area contributed by atoms with Gasteiger partial charge in [0.05, 0.1) is 23.6 Å². The lowest BCUT2D eigenvalue weighted by Gasteiger charge is -2.38. The van der Waals surface area contributed by atoms with Crippen LogP contribution in [0.5, 0.6) is 0 Å². The normalized spacial score (nSPS) is 15.4. The molecule has 0 N–H and O–H groups in total. The van der Waals surface area contributed by atoms with Crippen molar-refractivity contribution in [2.24, 2.45) is 5.10 Å². The maximum Gasteiger partial charge on any atom is 0.137 e. The van der Waals surface area contributed by atoms with Crippen LogP contribution < -0.4 is 0 Å². The predicted octanol–water partition coefficient (Wildman–Crippen LogP) is 4.38. The van der Waals surface area contributed by atoms with Crippen LogP contribution in [0, 0.1) is 6.92 Å². The number of benzene rings is 2. The van der Waals surface area contributed by atoms with Gasteiger partial charge in [-0.3, -0.25) is 14.3 Å². The number of imidazole rings is 1. The molecule has 3 heterocycles. The van der Waals surface area contributed by atoms with Crippen molar-refractivity contribution in [3.05, 3.63) is 108 Å². The smallest absolute Gasteiger partial charge is 0.137 e. The van der Waals surface area contributed by atoms with Crippen molar-refractivity contribution in [3.8, 4) is 0 Å². The van der Waals surface area contributed by atoms with Crippen molar-refractivity contribution < 1.29 is 0 Å². The van der Waals surface area contributed by atoms with Gasteiger partial charge in [-0.25, -0.2) is 4.98 Å². The van der Waals surface area contributed by atoms with Crippen molar-refractivity contribution >= 4 is 11.9 Å². The first-order chi connectivity index (χ1) is 15.3. The highest BCUT2D eigenvalue weighted by molar-refractivity contribution is 5.80. The molecule has 5 heteroatoms. The Hall–Kier alpha value is -3.44. The molecule has 1 saturated heterocycles. The number of hydrogen-bond donors (Lipinski definition) is 0. The van der Waals surface area contributed by atoms with Gasteiger partial charge in [-0.1, -0.05) is 66.7 Å². The highest BCUT2D eigenvalue weighted by atomic mass is 15.5. The van der Waals surface area contributed by atoms with Crippen molar-refractivity contribution in [2.75, 3.05) is 26.2 Å². The topological polar surface area (TPSA) is 36.1 Å². The lowest BCUT2D eigenvalue weighted by molar-refractivity contribution is 0.113. The Morgan fingerprint density at radius 3 is 2.06 bits per heavy atom. The fourth-order valence-corrected chi connectivity index (χ4v) is 4.39. The first-order valence-electron chi connectivity index (χ1n) is 10.9. The first-order valence-corrected chi connectivity index (χ1v) is 10.9. The zero-order valence-corrected chi connectivity index (χ0v) is 17.8. The van der Waals surface area contributed by atoms with E-state index in [9.17, 15) is 0 Å². The summed E-state index contributed by atoms with van der Waals surface area (Å²) in [6, 6.07) is 27.9. The van der Waals surface area contributed by atoms with Gasteiger partial charge in [0.25, 0.3) is 0 Å². The molecule has 156 valence electrons. The number of piperazine rings is 1. The summed E-state index contributed by atoms with van der Waals surface area (Å²) in [5.74, 6) is 0. The van der Waals surface area contributed by atoms with Crippen LogP contribution in [0.3, 0.4) is 0 Å². The Morgan fingerprint density at radius 2 is 1.42 bits per heavy atom. The molecule has 5 nitrogen and oxygen atoms in total. The SMILES string of the molecule is Cc1nc2ccccn2c1/C=N\N1CCN(C(c2ccccc2)c2ccccc2)CC1. The summed E-state index contributed by atoms with van der Waals surface area (Å²) in [4.78, 5) is 7.19. The van der Waals surface area contributed by atoms with Crippen LogP contribution in [0.4, 0.5) is 0 Å². The summed E-state index contributed by atoms with van der Waals surface area (Å²) in [5.41, 5.74) is 5.69. The first kappa shape index (κ1) is 19.5. The number of pyridine rings is 1. The van der Waals surface area contributed by atoms with Crippen molar-refractivity contribution in [2.45, 2.75) is 13.0 Å². The summed E-state index contributed by atoms with van der Waals surface area (Å²) < 4.78 is 2.09. The minimum absolute atomic E-state index is 0.273. The van der Waals surface area contributed by atoms with Crippen LogP contribution in [-0.2, 0) is 0 Å². The van der Waals surface area contributed by atoms with Crippen LogP contribution >= 0.6 is 0 Å². The standard InChI is InChI=1S/C26H27N5/c1-21-24(31-15-9-8-14-25(31)28-21)20-27-30-18-16-29(17-19-30)26(22-10-4-2-5-11-22)23-12-6-3-7-13-23/h2-15,20,26H,16-19H2,1H3/b27-20-. The third-order valence-corrected chi connectivity index (χ3v) is 5.98. The number of rotatable bonds is 5. The molecule has 5 rings (SSSR count). The molecule has 1 fully saturated rings. The van der Waals surface area contributed by atoms with E-state index < -0.39 is 0 Å². The second-order valence-corrected chi connectivity index (χ2v) is 7.97. The highest BCUT2D eigenvalue weighted by Crippen LogP contribution is 2.29. The fraction of sp³-hybridized carbons (Fsp3) is 0.231. The zero-order chi connectivity index (χ0) is 21.0. The van der Waals surface area contributed by atoms with E-state index in [4.69, 9.17) is 5.10 Å². The van der Waals surface area contributed by atoms with Gasteiger partial charge in [0.2, 0.25) is 0 Å². The van der Waals surface area contributed by atoms with E-state index in [0.29, 0.717) is 0 Å². The Morgan fingerprint density at radius 1 is 0.806 bits per heavy atom. The van der Waals surface area contributed by atoms with Crippen LogP contribution in [0.2, 0.25) is 0 Å². The van der Waals surface area contributed by atoms with E-state index in [1.165, 1.54) is 11.1 Å². The Kier molecular flexibility index (Phi) is 5.50. The summed E-state index contributed by atoms with van der Waals surface area (Å²) in [7, 11) is 0. The molecule has 4 aromatic rings. The van der Waals surface area contributed by atoms with Gasteiger partial charge in [-0.15, -0.1) is 0 Å². The third kappa shape index (κ3) is 4.09. The second-order valence-electron chi connectivity index (χ2n) is 7.97. The maximum atomic E-state index is 4.80. The molecular weight excluding hydrogens is 382 g/mol. The summed E-state index contributed by atoms with van der Waals surface area (Å²) in [5, 5.41) is 6.97. The van der Waals surface area contributed by atoms with Gasteiger partial charge in [0, 0.05) is 32.4 Å². The van der Waals surface area contributed by atoms with Crippen molar-refractivity contribution in [1.82, 2.24) is 19.3 Å². The number of aromatic nitrogens is 2. The molecule has 2 aromatic carbocycles. The number of aryl methyl sites for hydroxylation is 1. The van der Waals surface area contributed by atoms with Crippen molar-refractivity contribution in [3.63, 3.8) is 0 Å². The third-order valence-electron chi connectivity index (χ3n) is 5.98. The minimum atomic E-state index is 0.273. The largest absolute Gasteiger partial charge is 0.298 e. The predicted molar refractivity (Wildman–Crippen MR) is 125 cm³/mol. The van der Waals surface area contributed by atoms with E-state index in [1.54, 1.807) is 0 Å². The molecule has 0 atom stereocenters. The molecule has 31 heavy (non-hydrogen) atoms. The highest BCUT2D eigenvalue weighted by Gasteiger charge is 2.25. The molecular formula is C26H27N5. The lowest BCUT2D eigenvalue weighted by atomic mass is 9.96. The quantitative estimate of drug-likeness (QED) is 0.459. The van der Waals surface area contributed by atoms with Gasteiger partial charge in [0.1, 0.15) is 5.65 Å². The number of hydrazone groups is 1. The van der Waals surface area contributed by atoms with Crippen LogP contribution in [0.1, 0.15) is 28.6 Å². The van der Waals surface area contributed by atoms with Crippen LogP contribution in [0.25, 0.3) is 5.65 Å². The van der Waals surface area contributed by atoms with Gasteiger partial charge >= 0.3 is 0 Å². The monoisotopic (exact) mass is 409 g/mol. The van der Waals surface area contributed by atoms with Crippen LogP contribution in [0.15, 0.2) is 90.2 Å². The molecule has 2 aromatic heterocycles. The molecule has 0 spiro atoms. The molecule has 0 radical (unpaired) electrons. The molecule has 1 aliphatic heterocycles. The Balaban J connectivity index is 1.32. The van der Waals surface area contributed by atoms with Crippen molar-refractivity contribution in [1.29, 1.82) is 0 Å². The molecule has 0 saturated carbocycles. The number of fused-ring (bicyclic) bond motifs is 1. The van der Waals surface area contributed by atoms with E-state index >= 15 is 0 Å².